The maximum atomic E-state index is 12.3. The van der Waals surface area contributed by atoms with Crippen molar-refractivity contribution < 1.29 is 19.1 Å². The van der Waals surface area contributed by atoms with Crippen LogP contribution < -0.4 is 10.9 Å². The lowest BCUT2D eigenvalue weighted by Gasteiger charge is -2.08. The fourth-order valence-electron chi connectivity index (χ4n) is 2.68. The van der Waals surface area contributed by atoms with Crippen LogP contribution in [0.15, 0.2) is 83.3 Å². The van der Waals surface area contributed by atoms with E-state index in [1.807, 2.05) is 0 Å². The van der Waals surface area contributed by atoms with Gasteiger partial charge in [0.2, 0.25) is 0 Å². The predicted molar refractivity (Wildman–Crippen MR) is 129 cm³/mol. The molecule has 0 aliphatic rings. The van der Waals surface area contributed by atoms with Gasteiger partial charge in [-0.15, -0.1) is 0 Å². The average molecular weight is 460 g/mol. The smallest absolute Gasteiger partial charge is 0.361 e. The predicted octanol–water partition coefficient (Wildman–Crippen LogP) is 3.24. The summed E-state index contributed by atoms with van der Waals surface area (Å²) in [7, 11) is 0. The Morgan fingerprint density at radius 2 is 1.12 bits per heavy atom. The molecule has 2 N–H and O–H groups in total. The number of nitrogens with one attached hydrogen (secondary N) is 2. The largest absolute Gasteiger partial charge is 0.461 e. The second-order valence-electron chi connectivity index (χ2n) is 6.59. The first-order chi connectivity index (χ1) is 16.6. The molecule has 1 aromatic carbocycles. The number of carbonyl (C=O) groups excluding carboxylic acids is 2. The molecule has 0 saturated heterocycles. The molecule has 10 heteroatoms. The summed E-state index contributed by atoms with van der Waals surface area (Å²) < 4.78 is 10.2. The van der Waals surface area contributed by atoms with E-state index in [2.05, 4.69) is 31.0 Å². The first kappa shape index (κ1) is 24.1. The minimum atomic E-state index is -0.581. The highest BCUT2D eigenvalue weighted by Gasteiger charge is 2.18. The summed E-state index contributed by atoms with van der Waals surface area (Å²) in [4.78, 5) is 32.9. The Morgan fingerprint density at radius 1 is 0.706 bits per heavy atom. The number of aromatic nitrogens is 2. The van der Waals surface area contributed by atoms with Crippen LogP contribution in [-0.4, -0.2) is 46.5 Å². The molecule has 0 aliphatic heterocycles. The molecule has 0 spiro atoms. The molecule has 0 saturated carbocycles. The van der Waals surface area contributed by atoms with Gasteiger partial charge in [0.05, 0.1) is 36.0 Å². The van der Waals surface area contributed by atoms with Crippen LogP contribution >= 0.6 is 0 Å². The van der Waals surface area contributed by atoms with Gasteiger partial charge in [-0.05, 0) is 62.4 Å². The normalized spacial score (nSPS) is 11.5. The molecule has 34 heavy (non-hydrogen) atoms. The SMILES string of the molecule is CCOC(=O)/C(=N/Nc1ccc(N/N=C(/C(=O)OCC)c2ccccn2)cc1)c1ccccn1. The molecular weight excluding hydrogens is 436 g/mol. The maximum Gasteiger partial charge on any atom is 0.361 e. The van der Waals surface area contributed by atoms with Crippen molar-refractivity contribution in [1.29, 1.82) is 0 Å². The van der Waals surface area contributed by atoms with Gasteiger partial charge in [-0.3, -0.25) is 20.8 Å². The van der Waals surface area contributed by atoms with Crippen molar-refractivity contribution >= 4 is 34.7 Å². The Hall–Kier alpha value is -4.60. The third-order valence-electron chi connectivity index (χ3n) is 4.23. The van der Waals surface area contributed by atoms with Crippen molar-refractivity contribution in [3.8, 4) is 0 Å². The van der Waals surface area contributed by atoms with E-state index in [4.69, 9.17) is 9.47 Å². The Labute approximate surface area is 196 Å². The monoisotopic (exact) mass is 460 g/mol. The number of hydrazone groups is 2. The Morgan fingerprint density at radius 3 is 1.44 bits per heavy atom. The number of anilines is 2. The highest BCUT2D eigenvalue weighted by molar-refractivity contribution is 6.43. The van der Waals surface area contributed by atoms with E-state index in [0.29, 0.717) is 22.8 Å². The van der Waals surface area contributed by atoms with Gasteiger partial charge in [-0.25, -0.2) is 9.59 Å². The van der Waals surface area contributed by atoms with Crippen molar-refractivity contribution in [2.24, 2.45) is 10.2 Å². The minimum absolute atomic E-state index is 0.0590. The lowest BCUT2D eigenvalue weighted by Crippen LogP contribution is -2.21. The second kappa shape index (κ2) is 12.4. The second-order valence-corrected chi connectivity index (χ2v) is 6.59. The van der Waals surface area contributed by atoms with E-state index >= 15 is 0 Å². The van der Waals surface area contributed by atoms with Crippen molar-refractivity contribution in [2.45, 2.75) is 13.8 Å². The third-order valence-corrected chi connectivity index (χ3v) is 4.23. The Kier molecular flexibility index (Phi) is 8.80. The molecule has 0 fully saturated rings. The molecule has 0 aliphatic carbocycles. The van der Waals surface area contributed by atoms with Crippen LogP contribution in [0.3, 0.4) is 0 Å². The molecule has 2 heterocycles. The summed E-state index contributed by atoms with van der Waals surface area (Å²) in [6.07, 6.45) is 3.14. The standard InChI is InChI=1S/C24H24N6O4/c1-3-33-23(31)21(19-9-5-7-15-25-19)29-27-17-11-13-18(14-12-17)28-30-22(24(32)34-4-2)20-10-6-8-16-26-20/h5-16,27-28H,3-4H2,1-2H3/b29-21+,30-22+. The van der Waals surface area contributed by atoms with Crippen molar-refractivity contribution in [1.82, 2.24) is 9.97 Å². The number of nitrogens with zero attached hydrogens (tertiary/aromatic N) is 4. The van der Waals surface area contributed by atoms with Crippen LogP contribution in [0.25, 0.3) is 0 Å². The van der Waals surface area contributed by atoms with Crippen LogP contribution in [-0.2, 0) is 19.1 Å². The summed E-state index contributed by atoms with van der Waals surface area (Å²) in [5, 5.41) is 8.36. The highest BCUT2D eigenvalue weighted by atomic mass is 16.5. The zero-order valence-corrected chi connectivity index (χ0v) is 18.8. The lowest BCUT2D eigenvalue weighted by atomic mass is 10.2. The minimum Gasteiger partial charge on any atom is -0.461 e. The van der Waals surface area contributed by atoms with Gasteiger partial charge in [-0.2, -0.15) is 10.2 Å². The zero-order valence-electron chi connectivity index (χ0n) is 18.8. The molecule has 0 radical (unpaired) electrons. The van der Waals surface area contributed by atoms with Gasteiger partial charge >= 0.3 is 11.9 Å². The first-order valence-electron chi connectivity index (χ1n) is 10.6. The fraction of sp³-hybridized carbons (Fsp3) is 0.167. The van der Waals surface area contributed by atoms with E-state index in [9.17, 15) is 9.59 Å². The molecule has 2 aromatic heterocycles. The van der Waals surface area contributed by atoms with Gasteiger partial charge in [0.1, 0.15) is 0 Å². The van der Waals surface area contributed by atoms with E-state index in [0.717, 1.165) is 0 Å². The van der Waals surface area contributed by atoms with E-state index in [1.165, 1.54) is 0 Å². The number of hydrogen-bond acceptors (Lipinski definition) is 10. The zero-order chi connectivity index (χ0) is 24.2. The van der Waals surface area contributed by atoms with Crippen LogP contribution in [0, 0.1) is 0 Å². The number of rotatable bonds is 10. The summed E-state index contributed by atoms with van der Waals surface area (Å²) in [6, 6.07) is 17.3. The summed E-state index contributed by atoms with van der Waals surface area (Å²) in [5.74, 6) is -1.16. The van der Waals surface area contributed by atoms with Gasteiger partial charge < -0.3 is 9.47 Å². The number of carbonyl (C=O) groups is 2. The van der Waals surface area contributed by atoms with Crippen LogP contribution in [0.4, 0.5) is 11.4 Å². The Bertz CT molecular complexity index is 1060. The van der Waals surface area contributed by atoms with Crippen molar-refractivity contribution in [2.75, 3.05) is 24.1 Å². The molecule has 3 rings (SSSR count). The molecule has 0 amide bonds. The lowest BCUT2D eigenvalue weighted by molar-refractivity contribution is -0.135. The molecule has 10 nitrogen and oxygen atoms in total. The van der Waals surface area contributed by atoms with Crippen molar-refractivity contribution in [3.63, 3.8) is 0 Å². The van der Waals surface area contributed by atoms with Crippen LogP contribution in [0.2, 0.25) is 0 Å². The average Bonchev–Trinajstić information content (AvgIpc) is 2.87. The van der Waals surface area contributed by atoms with Gasteiger partial charge in [0.25, 0.3) is 0 Å². The summed E-state index contributed by atoms with van der Waals surface area (Å²) >= 11 is 0. The molecule has 0 unspecified atom stereocenters. The van der Waals surface area contributed by atoms with Crippen molar-refractivity contribution in [3.05, 3.63) is 84.4 Å². The molecule has 0 bridgehead atoms. The number of pyridine rings is 2. The topological polar surface area (TPSA) is 127 Å². The number of hydrogen-bond donors (Lipinski definition) is 2. The quantitative estimate of drug-likeness (QED) is 0.268. The van der Waals surface area contributed by atoms with Crippen LogP contribution in [0.5, 0.6) is 0 Å². The van der Waals surface area contributed by atoms with E-state index in [1.54, 1.807) is 86.9 Å². The maximum absolute atomic E-state index is 12.3. The fourth-order valence-corrected chi connectivity index (χ4v) is 2.68. The van der Waals surface area contributed by atoms with Crippen LogP contribution in [0.1, 0.15) is 25.2 Å². The third kappa shape index (κ3) is 6.70. The van der Waals surface area contributed by atoms with Gasteiger partial charge in [0, 0.05) is 12.4 Å². The van der Waals surface area contributed by atoms with Gasteiger partial charge in [0.15, 0.2) is 11.4 Å². The number of benzene rings is 1. The number of esters is 2. The van der Waals surface area contributed by atoms with E-state index in [-0.39, 0.29) is 24.6 Å². The number of ether oxygens (including phenoxy) is 2. The Balaban J connectivity index is 1.74. The summed E-state index contributed by atoms with van der Waals surface area (Å²) in [5.41, 5.74) is 7.80. The summed E-state index contributed by atoms with van der Waals surface area (Å²) in [6.45, 7) is 3.88. The first-order valence-corrected chi connectivity index (χ1v) is 10.6. The molecule has 3 aromatic rings. The van der Waals surface area contributed by atoms with Gasteiger partial charge in [-0.1, -0.05) is 12.1 Å². The molecule has 0 atom stereocenters. The molecule has 174 valence electrons. The van der Waals surface area contributed by atoms with E-state index < -0.39 is 11.9 Å². The molecular formula is C24H24N6O4. The highest BCUT2D eigenvalue weighted by Crippen LogP contribution is 2.14.